The van der Waals surface area contributed by atoms with Crippen molar-refractivity contribution in [2.24, 2.45) is 5.92 Å². The number of nitro benzene ring substituents is 1. The number of nitrogens with one attached hydrogen (secondary N) is 1. The van der Waals surface area contributed by atoms with Gasteiger partial charge in [-0.1, -0.05) is 26.0 Å². The molecule has 1 atom stereocenters. The molecule has 0 spiro atoms. The van der Waals surface area contributed by atoms with E-state index in [-0.39, 0.29) is 18.3 Å². The van der Waals surface area contributed by atoms with E-state index in [0.29, 0.717) is 12.5 Å². The number of aliphatic hydroxyl groups excluding tert-OH is 1. The highest BCUT2D eigenvalue weighted by Gasteiger charge is 2.09. The minimum atomic E-state index is -0.410. The Morgan fingerprint density at radius 2 is 1.94 bits per heavy atom. The second kappa shape index (κ2) is 7.08. The molecule has 0 heterocycles. The van der Waals surface area contributed by atoms with E-state index in [0.717, 1.165) is 12.0 Å². The number of nitro groups is 1. The first-order chi connectivity index (χ1) is 8.52. The molecule has 0 aromatic heterocycles. The molecule has 1 aromatic rings. The van der Waals surface area contributed by atoms with Gasteiger partial charge >= 0.3 is 0 Å². The molecule has 0 aliphatic carbocycles. The molecule has 5 nitrogen and oxygen atoms in total. The summed E-state index contributed by atoms with van der Waals surface area (Å²) in [6.07, 6.45) is 0.906. The molecular formula is C13H20N2O3. The molecule has 0 radical (unpaired) electrons. The maximum Gasteiger partial charge on any atom is 0.269 e. The van der Waals surface area contributed by atoms with Crippen LogP contribution in [0.2, 0.25) is 0 Å². The quantitative estimate of drug-likeness (QED) is 0.575. The Bertz CT molecular complexity index is 376. The summed E-state index contributed by atoms with van der Waals surface area (Å²) in [6, 6.07) is 6.52. The topological polar surface area (TPSA) is 75.4 Å². The number of hydrogen-bond acceptors (Lipinski definition) is 4. The van der Waals surface area contributed by atoms with E-state index in [1.54, 1.807) is 12.1 Å². The first kappa shape index (κ1) is 14.6. The van der Waals surface area contributed by atoms with Crippen LogP contribution in [0.25, 0.3) is 0 Å². The van der Waals surface area contributed by atoms with E-state index < -0.39 is 4.92 Å². The highest BCUT2D eigenvalue weighted by atomic mass is 16.6. The van der Waals surface area contributed by atoms with Crippen LogP contribution in [-0.4, -0.2) is 22.7 Å². The molecule has 0 bridgehead atoms. The fraction of sp³-hybridized carbons (Fsp3) is 0.538. The number of non-ortho nitro benzene ring substituents is 1. The van der Waals surface area contributed by atoms with Crippen LogP contribution in [0.3, 0.4) is 0 Å². The summed E-state index contributed by atoms with van der Waals surface area (Å²) < 4.78 is 0. The molecule has 100 valence electrons. The third-order valence-electron chi connectivity index (χ3n) is 2.72. The van der Waals surface area contributed by atoms with Gasteiger partial charge in [-0.3, -0.25) is 10.1 Å². The molecule has 5 heteroatoms. The van der Waals surface area contributed by atoms with Gasteiger partial charge in [-0.05, 0) is 17.9 Å². The normalized spacial score (nSPS) is 12.7. The van der Waals surface area contributed by atoms with Crippen molar-refractivity contribution in [3.63, 3.8) is 0 Å². The van der Waals surface area contributed by atoms with Crippen molar-refractivity contribution in [2.75, 3.05) is 6.61 Å². The van der Waals surface area contributed by atoms with Gasteiger partial charge in [0.15, 0.2) is 0 Å². The molecule has 0 saturated heterocycles. The van der Waals surface area contributed by atoms with Crippen LogP contribution in [0.15, 0.2) is 24.3 Å². The van der Waals surface area contributed by atoms with Crippen molar-refractivity contribution in [2.45, 2.75) is 32.9 Å². The molecule has 1 unspecified atom stereocenters. The van der Waals surface area contributed by atoms with E-state index >= 15 is 0 Å². The van der Waals surface area contributed by atoms with Gasteiger partial charge in [0.1, 0.15) is 0 Å². The number of rotatable bonds is 7. The minimum absolute atomic E-state index is 0.0696. The second-order valence-electron chi connectivity index (χ2n) is 4.81. The highest BCUT2D eigenvalue weighted by molar-refractivity contribution is 5.32. The van der Waals surface area contributed by atoms with Crippen molar-refractivity contribution >= 4 is 5.69 Å². The molecule has 0 aliphatic rings. The summed E-state index contributed by atoms with van der Waals surface area (Å²) in [5.41, 5.74) is 1.07. The van der Waals surface area contributed by atoms with Gasteiger partial charge in [-0.15, -0.1) is 0 Å². The lowest BCUT2D eigenvalue weighted by molar-refractivity contribution is -0.384. The lowest BCUT2D eigenvalue weighted by Crippen LogP contribution is -2.33. The first-order valence-electron chi connectivity index (χ1n) is 6.10. The van der Waals surface area contributed by atoms with E-state index in [2.05, 4.69) is 19.2 Å². The van der Waals surface area contributed by atoms with Crippen molar-refractivity contribution in [1.29, 1.82) is 0 Å². The van der Waals surface area contributed by atoms with E-state index in [4.69, 9.17) is 0 Å². The Balaban J connectivity index is 2.49. The Morgan fingerprint density at radius 1 is 1.33 bits per heavy atom. The van der Waals surface area contributed by atoms with Gasteiger partial charge in [0, 0.05) is 24.7 Å². The van der Waals surface area contributed by atoms with E-state index in [1.165, 1.54) is 12.1 Å². The predicted molar refractivity (Wildman–Crippen MR) is 70.3 cm³/mol. The smallest absolute Gasteiger partial charge is 0.269 e. The third kappa shape index (κ3) is 4.81. The highest BCUT2D eigenvalue weighted by Crippen LogP contribution is 2.12. The van der Waals surface area contributed by atoms with Gasteiger partial charge in [-0.2, -0.15) is 0 Å². The van der Waals surface area contributed by atoms with Crippen LogP contribution in [0.5, 0.6) is 0 Å². The van der Waals surface area contributed by atoms with Gasteiger partial charge in [0.05, 0.1) is 11.5 Å². The molecule has 0 saturated carbocycles. The molecule has 1 aromatic carbocycles. The number of hydrogen-bond donors (Lipinski definition) is 2. The summed E-state index contributed by atoms with van der Waals surface area (Å²) in [7, 11) is 0. The fourth-order valence-corrected chi connectivity index (χ4v) is 1.79. The van der Waals surface area contributed by atoms with Gasteiger partial charge in [-0.25, -0.2) is 0 Å². The Hall–Kier alpha value is -1.46. The van der Waals surface area contributed by atoms with Crippen LogP contribution < -0.4 is 5.32 Å². The molecule has 2 N–H and O–H groups in total. The monoisotopic (exact) mass is 252 g/mol. The van der Waals surface area contributed by atoms with E-state index in [1.807, 2.05) is 0 Å². The maximum absolute atomic E-state index is 10.5. The third-order valence-corrected chi connectivity index (χ3v) is 2.72. The molecule has 1 rings (SSSR count). The summed E-state index contributed by atoms with van der Waals surface area (Å²) >= 11 is 0. The van der Waals surface area contributed by atoms with Crippen LogP contribution in [0, 0.1) is 16.0 Å². The van der Waals surface area contributed by atoms with Crippen molar-refractivity contribution in [1.82, 2.24) is 5.32 Å². The standard InChI is InChI=1S/C13H20N2O3/c1-10(2)7-12(9-16)14-8-11-3-5-13(6-4-11)15(17)18/h3-6,10,12,14,16H,7-9H2,1-2H3. The Kier molecular flexibility index (Phi) is 5.74. The van der Waals surface area contributed by atoms with Crippen LogP contribution >= 0.6 is 0 Å². The zero-order valence-electron chi connectivity index (χ0n) is 10.8. The summed E-state index contributed by atoms with van der Waals surface area (Å²) in [5.74, 6) is 0.520. The van der Waals surface area contributed by atoms with Gasteiger partial charge in [0.25, 0.3) is 5.69 Å². The molecule has 0 fully saturated rings. The summed E-state index contributed by atoms with van der Waals surface area (Å²) in [5, 5.41) is 23.0. The average molecular weight is 252 g/mol. The van der Waals surface area contributed by atoms with Crippen molar-refractivity contribution in [3.8, 4) is 0 Å². The molecular weight excluding hydrogens is 232 g/mol. The van der Waals surface area contributed by atoms with Crippen molar-refractivity contribution < 1.29 is 10.0 Å². The number of benzene rings is 1. The van der Waals surface area contributed by atoms with Gasteiger partial charge in [0.2, 0.25) is 0 Å². The van der Waals surface area contributed by atoms with Crippen LogP contribution in [0.1, 0.15) is 25.8 Å². The summed E-state index contributed by atoms with van der Waals surface area (Å²) in [6.45, 7) is 4.92. The predicted octanol–water partition coefficient (Wildman–Crippen LogP) is 2.09. The number of nitrogens with zero attached hydrogens (tertiary/aromatic N) is 1. The average Bonchev–Trinajstić information content (AvgIpc) is 2.34. The Labute approximate surface area is 107 Å². The first-order valence-corrected chi connectivity index (χ1v) is 6.10. The molecule has 0 aliphatic heterocycles. The number of aliphatic hydroxyl groups is 1. The lowest BCUT2D eigenvalue weighted by Gasteiger charge is -2.18. The maximum atomic E-state index is 10.5. The minimum Gasteiger partial charge on any atom is -0.395 e. The van der Waals surface area contributed by atoms with Crippen molar-refractivity contribution in [3.05, 3.63) is 39.9 Å². The zero-order valence-corrected chi connectivity index (χ0v) is 10.8. The summed E-state index contributed by atoms with van der Waals surface area (Å²) in [4.78, 5) is 10.1. The van der Waals surface area contributed by atoms with Crippen LogP contribution in [0.4, 0.5) is 5.69 Å². The molecule has 0 amide bonds. The Morgan fingerprint density at radius 3 is 2.39 bits per heavy atom. The SMILES string of the molecule is CC(C)CC(CO)NCc1ccc([N+](=O)[O-])cc1. The largest absolute Gasteiger partial charge is 0.395 e. The zero-order chi connectivity index (χ0) is 13.5. The second-order valence-corrected chi connectivity index (χ2v) is 4.81. The fourth-order valence-electron chi connectivity index (χ4n) is 1.79. The molecule has 18 heavy (non-hydrogen) atoms. The van der Waals surface area contributed by atoms with Gasteiger partial charge < -0.3 is 10.4 Å². The van der Waals surface area contributed by atoms with E-state index in [9.17, 15) is 15.2 Å². The van der Waals surface area contributed by atoms with Crippen LogP contribution in [-0.2, 0) is 6.54 Å². The lowest BCUT2D eigenvalue weighted by atomic mass is 10.0.